The number of hydrogen-bond acceptors (Lipinski definition) is 4. The topological polar surface area (TPSA) is 84.9 Å². The number of ether oxygens (including phenoxy) is 2. The summed E-state index contributed by atoms with van der Waals surface area (Å²) >= 11 is 0. The summed E-state index contributed by atoms with van der Waals surface area (Å²) in [6, 6.07) is 0. The zero-order valence-corrected chi connectivity index (χ0v) is 9.91. The van der Waals surface area contributed by atoms with Crippen molar-refractivity contribution in [2.75, 3.05) is 26.9 Å². The van der Waals surface area contributed by atoms with Crippen LogP contribution in [0.1, 0.15) is 20.3 Å². The van der Waals surface area contributed by atoms with E-state index in [1.54, 1.807) is 7.11 Å². The van der Waals surface area contributed by atoms with Gasteiger partial charge in [0.05, 0.1) is 19.8 Å². The van der Waals surface area contributed by atoms with E-state index in [0.29, 0.717) is 13.2 Å². The van der Waals surface area contributed by atoms with Crippen LogP contribution >= 0.6 is 0 Å². The molecule has 0 saturated carbocycles. The van der Waals surface area contributed by atoms with Gasteiger partial charge in [-0.1, -0.05) is 0 Å². The molecule has 94 valence electrons. The normalized spacial score (nSPS) is 11.2. The summed E-state index contributed by atoms with van der Waals surface area (Å²) < 4.78 is 9.84. The van der Waals surface area contributed by atoms with Crippen LogP contribution < -0.4 is 5.32 Å². The van der Waals surface area contributed by atoms with Crippen LogP contribution in [0.3, 0.4) is 0 Å². The smallest absolute Gasteiger partial charge is 0.328 e. The third kappa shape index (κ3) is 6.36. The van der Waals surface area contributed by atoms with Crippen LogP contribution in [0.2, 0.25) is 0 Å². The molecule has 0 radical (unpaired) electrons. The molecule has 0 aromatic rings. The summed E-state index contributed by atoms with van der Waals surface area (Å²) in [6.45, 7) is 4.01. The second kappa shape index (κ2) is 7.19. The van der Waals surface area contributed by atoms with Crippen LogP contribution in [-0.2, 0) is 19.1 Å². The standard InChI is InChI=1S/C10H19NO5/c1-10(2,9(13)14)11-8(12)4-5-16-7-6-15-3/h4-7H2,1-3H3,(H,11,12)(H,13,14). The summed E-state index contributed by atoms with van der Waals surface area (Å²) in [5.41, 5.74) is -1.25. The number of carbonyl (C=O) groups excluding carboxylic acids is 1. The molecule has 6 nitrogen and oxygen atoms in total. The van der Waals surface area contributed by atoms with Gasteiger partial charge in [0.1, 0.15) is 5.54 Å². The van der Waals surface area contributed by atoms with Crippen LogP contribution in [0, 0.1) is 0 Å². The van der Waals surface area contributed by atoms with Gasteiger partial charge in [-0.25, -0.2) is 4.79 Å². The quantitative estimate of drug-likeness (QED) is 0.577. The van der Waals surface area contributed by atoms with Crippen molar-refractivity contribution >= 4 is 11.9 Å². The molecule has 1 amide bonds. The minimum atomic E-state index is -1.25. The average Bonchev–Trinajstić information content (AvgIpc) is 2.16. The number of rotatable bonds is 8. The molecular weight excluding hydrogens is 214 g/mol. The summed E-state index contributed by atoms with van der Waals surface area (Å²) in [7, 11) is 1.56. The molecule has 2 N–H and O–H groups in total. The molecule has 0 heterocycles. The molecular formula is C10H19NO5. The van der Waals surface area contributed by atoms with Crippen molar-refractivity contribution in [3.05, 3.63) is 0 Å². The summed E-state index contributed by atoms with van der Waals surface area (Å²) in [5.74, 6) is -1.41. The molecule has 0 rings (SSSR count). The Kier molecular flexibility index (Phi) is 6.67. The van der Waals surface area contributed by atoms with Gasteiger partial charge < -0.3 is 19.9 Å². The zero-order valence-electron chi connectivity index (χ0n) is 9.91. The fourth-order valence-electron chi connectivity index (χ4n) is 0.874. The molecule has 0 aliphatic rings. The Labute approximate surface area is 94.9 Å². The van der Waals surface area contributed by atoms with Crippen molar-refractivity contribution in [1.29, 1.82) is 0 Å². The van der Waals surface area contributed by atoms with Crippen molar-refractivity contribution in [3.8, 4) is 0 Å². The fourth-order valence-corrected chi connectivity index (χ4v) is 0.874. The largest absolute Gasteiger partial charge is 0.480 e. The molecule has 0 unspecified atom stereocenters. The fraction of sp³-hybridized carbons (Fsp3) is 0.800. The molecule has 0 aliphatic carbocycles. The van der Waals surface area contributed by atoms with Gasteiger partial charge in [-0.15, -0.1) is 0 Å². The van der Waals surface area contributed by atoms with E-state index in [1.807, 2.05) is 0 Å². The van der Waals surface area contributed by atoms with E-state index in [2.05, 4.69) is 5.32 Å². The van der Waals surface area contributed by atoms with Gasteiger partial charge in [-0.2, -0.15) is 0 Å². The first-order valence-corrected chi connectivity index (χ1v) is 5.01. The highest BCUT2D eigenvalue weighted by Crippen LogP contribution is 2.02. The SMILES string of the molecule is COCCOCCC(=O)NC(C)(C)C(=O)O. The van der Waals surface area contributed by atoms with E-state index in [0.717, 1.165) is 0 Å². The molecule has 16 heavy (non-hydrogen) atoms. The lowest BCUT2D eigenvalue weighted by Gasteiger charge is -2.20. The minimum Gasteiger partial charge on any atom is -0.480 e. The van der Waals surface area contributed by atoms with Gasteiger partial charge in [0.15, 0.2) is 0 Å². The number of carbonyl (C=O) groups is 2. The molecule has 0 aromatic heterocycles. The summed E-state index contributed by atoms with van der Waals surface area (Å²) in [5, 5.41) is 11.2. The molecule has 0 aromatic carbocycles. The first-order valence-electron chi connectivity index (χ1n) is 5.01. The van der Waals surface area contributed by atoms with Crippen molar-refractivity contribution in [3.63, 3.8) is 0 Å². The number of methoxy groups -OCH3 is 1. The van der Waals surface area contributed by atoms with E-state index >= 15 is 0 Å². The maximum absolute atomic E-state index is 11.3. The van der Waals surface area contributed by atoms with Crippen molar-refractivity contribution in [2.24, 2.45) is 0 Å². The number of nitrogens with one attached hydrogen (secondary N) is 1. The molecule has 0 spiro atoms. The summed E-state index contributed by atoms with van der Waals surface area (Å²) in [6.07, 6.45) is 0.139. The van der Waals surface area contributed by atoms with E-state index in [4.69, 9.17) is 14.6 Å². The highest BCUT2D eigenvalue weighted by Gasteiger charge is 2.28. The van der Waals surface area contributed by atoms with Crippen LogP contribution in [0.15, 0.2) is 0 Å². The number of carboxylic acids is 1. The highest BCUT2D eigenvalue weighted by molar-refractivity contribution is 5.86. The van der Waals surface area contributed by atoms with Crippen molar-refractivity contribution in [1.82, 2.24) is 5.32 Å². The van der Waals surface area contributed by atoms with E-state index in [9.17, 15) is 9.59 Å². The number of carboxylic acid groups (broad SMARTS) is 1. The van der Waals surface area contributed by atoms with Gasteiger partial charge in [0, 0.05) is 13.5 Å². The predicted molar refractivity (Wildman–Crippen MR) is 57.2 cm³/mol. The van der Waals surface area contributed by atoms with Crippen molar-refractivity contribution in [2.45, 2.75) is 25.8 Å². The predicted octanol–water partition coefficient (Wildman–Crippen LogP) is 0.0189. The lowest BCUT2D eigenvalue weighted by molar-refractivity contribution is -0.146. The number of amides is 1. The van der Waals surface area contributed by atoms with Gasteiger partial charge in [-0.3, -0.25) is 4.79 Å². The third-order valence-corrected chi connectivity index (χ3v) is 1.89. The van der Waals surface area contributed by atoms with Crippen LogP contribution in [-0.4, -0.2) is 49.5 Å². The lowest BCUT2D eigenvalue weighted by atomic mass is 10.1. The average molecular weight is 233 g/mol. The molecule has 0 aliphatic heterocycles. The highest BCUT2D eigenvalue weighted by atomic mass is 16.5. The van der Waals surface area contributed by atoms with E-state index in [1.165, 1.54) is 13.8 Å². The minimum absolute atomic E-state index is 0.139. The molecule has 0 saturated heterocycles. The maximum Gasteiger partial charge on any atom is 0.328 e. The Morgan fingerprint density at radius 1 is 1.25 bits per heavy atom. The summed E-state index contributed by atoms with van der Waals surface area (Å²) in [4.78, 5) is 22.0. The monoisotopic (exact) mass is 233 g/mol. The van der Waals surface area contributed by atoms with Crippen LogP contribution in [0.25, 0.3) is 0 Å². The van der Waals surface area contributed by atoms with Gasteiger partial charge in [0.25, 0.3) is 0 Å². The Morgan fingerprint density at radius 3 is 2.38 bits per heavy atom. The molecule has 6 heteroatoms. The maximum atomic E-state index is 11.3. The first kappa shape index (κ1) is 14.9. The van der Waals surface area contributed by atoms with Gasteiger partial charge >= 0.3 is 5.97 Å². The Hall–Kier alpha value is -1.14. The molecule has 0 fully saturated rings. The Morgan fingerprint density at radius 2 is 1.88 bits per heavy atom. The number of aliphatic carboxylic acids is 1. The third-order valence-electron chi connectivity index (χ3n) is 1.89. The van der Waals surface area contributed by atoms with Crippen molar-refractivity contribution < 1.29 is 24.2 Å². The second-order valence-electron chi connectivity index (χ2n) is 3.83. The lowest BCUT2D eigenvalue weighted by Crippen LogP contribution is -2.49. The van der Waals surface area contributed by atoms with Crippen LogP contribution in [0.4, 0.5) is 0 Å². The second-order valence-corrected chi connectivity index (χ2v) is 3.83. The Balaban J connectivity index is 3.71. The van der Waals surface area contributed by atoms with E-state index in [-0.39, 0.29) is 18.9 Å². The first-order chi connectivity index (χ1) is 7.40. The molecule has 0 atom stereocenters. The van der Waals surface area contributed by atoms with Gasteiger partial charge in [-0.05, 0) is 13.8 Å². The zero-order chi connectivity index (χ0) is 12.6. The Bertz CT molecular complexity index is 239. The number of hydrogen-bond donors (Lipinski definition) is 2. The van der Waals surface area contributed by atoms with E-state index < -0.39 is 11.5 Å². The van der Waals surface area contributed by atoms with Gasteiger partial charge in [0.2, 0.25) is 5.91 Å². The molecule has 0 bridgehead atoms. The van der Waals surface area contributed by atoms with Crippen LogP contribution in [0.5, 0.6) is 0 Å².